The van der Waals surface area contributed by atoms with Crippen molar-refractivity contribution in [2.24, 2.45) is 0 Å². The van der Waals surface area contributed by atoms with Gasteiger partial charge in [0.15, 0.2) is 5.82 Å². The first kappa shape index (κ1) is 11.4. The van der Waals surface area contributed by atoms with Crippen molar-refractivity contribution in [2.45, 2.75) is 32.9 Å². The Morgan fingerprint density at radius 3 is 3.00 bits per heavy atom. The Bertz CT molecular complexity index is 559. The smallest absolute Gasteiger partial charge is 0.164 e. The van der Waals surface area contributed by atoms with E-state index in [1.165, 1.54) is 11.1 Å². The van der Waals surface area contributed by atoms with Crippen LogP contribution in [0.4, 0.5) is 0 Å². The van der Waals surface area contributed by atoms with Crippen LogP contribution in [0.1, 0.15) is 31.3 Å². The fraction of sp³-hybridized carbons (Fsp3) is 0.429. The molecule has 1 atom stereocenters. The number of nitrogens with zero attached hydrogens (tertiary/aromatic N) is 3. The predicted molar refractivity (Wildman–Crippen MR) is 71.3 cm³/mol. The lowest BCUT2D eigenvalue weighted by molar-refractivity contribution is 0.439. The van der Waals surface area contributed by atoms with E-state index in [2.05, 4.69) is 58.2 Å². The van der Waals surface area contributed by atoms with E-state index in [1.807, 2.05) is 0 Å². The summed E-state index contributed by atoms with van der Waals surface area (Å²) in [5.41, 5.74) is 2.55. The maximum atomic E-state index is 4.40. The maximum absolute atomic E-state index is 4.40. The number of hydrogen-bond acceptors (Lipinski definition) is 3. The van der Waals surface area contributed by atoms with E-state index in [0.717, 1.165) is 31.2 Å². The molecule has 0 aliphatic carbocycles. The molecule has 0 fully saturated rings. The highest BCUT2D eigenvalue weighted by molar-refractivity contribution is 5.60. The molecule has 2 heterocycles. The lowest BCUT2D eigenvalue weighted by Crippen LogP contribution is -2.32. The molecule has 0 amide bonds. The van der Waals surface area contributed by atoms with Crippen molar-refractivity contribution in [3.8, 4) is 11.4 Å². The molecule has 0 saturated heterocycles. The molecule has 1 aliphatic rings. The highest BCUT2D eigenvalue weighted by Crippen LogP contribution is 2.26. The second-order valence-electron chi connectivity index (χ2n) is 4.72. The third-order valence-electron chi connectivity index (χ3n) is 3.59. The van der Waals surface area contributed by atoms with E-state index < -0.39 is 0 Å². The van der Waals surface area contributed by atoms with Crippen LogP contribution in [0, 0.1) is 0 Å². The average molecular weight is 242 g/mol. The third-order valence-corrected chi connectivity index (χ3v) is 3.59. The van der Waals surface area contributed by atoms with Gasteiger partial charge in [0.05, 0.1) is 6.04 Å². The Kier molecular flexibility index (Phi) is 2.88. The van der Waals surface area contributed by atoms with Gasteiger partial charge >= 0.3 is 0 Å². The number of rotatable bonds is 2. The van der Waals surface area contributed by atoms with E-state index in [-0.39, 0.29) is 6.04 Å². The summed E-state index contributed by atoms with van der Waals surface area (Å²) < 4.78 is 2.25. The molecule has 1 aromatic heterocycles. The number of aryl methyl sites for hydroxylation is 1. The van der Waals surface area contributed by atoms with Crippen molar-refractivity contribution in [1.82, 2.24) is 20.1 Å². The first-order valence-corrected chi connectivity index (χ1v) is 6.56. The van der Waals surface area contributed by atoms with Gasteiger partial charge in [-0.15, -0.1) is 10.2 Å². The molecule has 1 aliphatic heterocycles. The number of fused-ring (bicyclic) bond motifs is 1. The molecule has 0 saturated carbocycles. The van der Waals surface area contributed by atoms with E-state index in [1.54, 1.807) is 0 Å². The number of nitrogens with one attached hydrogen (secondary N) is 1. The van der Waals surface area contributed by atoms with Crippen LogP contribution in [0.2, 0.25) is 0 Å². The van der Waals surface area contributed by atoms with Crippen molar-refractivity contribution in [3.63, 3.8) is 0 Å². The Morgan fingerprint density at radius 1 is 1.33 bits per heavy atom. The van der Waals surface area contributed by atoms with Gasteiger partial charge in [0, 0.05) is 18.7 Å². The molecule has 2 aromatic rings. The molecule has 4 nitrogen and oxygen atoms in total. The zero-order valence-corrected chi connectivity index (χ0v) is 10.8. The average Bonchev–Trinajstić information content (AvgIpc) is 2.84. The largest absolute Gasteiger partial charge is 0.308 e. The lowest BCUT2D eigenvalue weighted by Gasteiger charge is -2.22. The van der Waals surface area contributed by atoms with E-state index in [4.69, 9.17) is 0 Å². The fourth-order valence-electron chi connectivity index (χ4n) is 2.59. The summed E-state index contributed by atoms with van der Waals surface area (Å²) in [5.74, 6) is 2.05. The first-order valence-electron chi connectivity index (χ1n) is 6.56. The minimum absolute atomic E-state index is 0.286. The van der Waals surface area contributed by atoms with Crippen LogP contribution in [-0.2, 0) is 13.0 Å². The zero-order chi connectivity index (χ0) is 12.5. The molecular weight excluding hydrogens is 224 g/mol. The predicted octanol–water partition coefficient (Wildman–Crippen LogP) is 2.17. The topological polar surface area (TPSA) is 42.7 Å². The minimum atomic E-state index is 0.286. The van der Waals surface area contributed by atoms with Crippen LogP contribution in [0.15, 0.2) is 24.3 Å². The fourth-order valence-corrected chi connectivity index (χ4v) is 2.59. The molecule has 0 bridgehead atoms. The SMILES string of the molecule is CCc1ccccc1-c1nnc2n1CCNC2C. The number of hydrogen-bond donors (Lipinski definition) is 1. The molecule has 18 heavy (non-hydrogen) atoms. The van der Waals surface area contributed by atoms with Gasteiger partial charge in [-0.05, 0) is 18.9 Å². The van der Waals surface area contributed by atoms with Crippen LogP contribution >= 0.6 is 0 Å². The van der Waals surface area contributed by atoms with Crippen LogP contribution in [0.3, 0.4) is 0 Å². The van der Waals surface area contributed by atoms with Crippen LogP contribution in [-0.4, -0.2) is 21.3 Å². The monoisotopic (exact) mass is 242 g/mol. The summed E-state index contributed by atoms with van der Waals surface area (Å²) in [6.07, 6.45) is 1.02. The van der Waals surface area contributed by atoms with Crippen molar-refractivity contribution in [2.75, 3.05) is 6.54 Å². The molecule has 0 radical (unpaired) electrons. The van der Waals surface area contributed by atoms with Crippen LogP contribution in [0.25, 0.3) is 11.4 Å². The van der Waals surface area contributed by atoms with E-state index >= 15 is 0 Å². The molecule has 1 N–H and O–H groups in total. The molecule has 0 spiro atoms. The van der Waals surface area contributed by atoms with Gasteiger partial charge in [-0.2, -0.15) is 0 Å². The molecule has 4 heteroatoms. The normalized spacial score (nSPS) is 18.7. The maximum Gasteiger partial charge on any atom is 0.164 e. The number of benzene rings is 1. The third kappa shape index (κ3) is 1.73. The summed E-state index contributed by atoms with van der Waals surface area (Å²) in [5, 5.41) is 12.1. The quantitative estimate of drug-likeness (QED) is 0.877. The summed E-state index contributed by atoms with van der Waals surface area (Å²) in [7, 11) is 0. The molecule has 1 unspecified atom stereocenters. The van der Waals surface area contributed by atoms with Gasteiger partial charge in [-0.3, -0.25) is 0 Å². The van der Waals surface area contributed by atoms with Gasteiger partial charge in [0.1, 0.15) is 5.82 Å². The second kappa shape index (κ2) is 4.53. The number of aromatic nitrogens is 3. The highest BCUT2D eigenvalue weighted by atomic mass is 15.3. The summed E-state index contributed by atoms with van der Waals surface area (Å²) in [6.45, 7) is 6.24. The zero-order valence-electron chi connectivity index (χ0n) is 10.8. The Morgan fingerprint density at radius 2 is 2.17 bits per heavy atom. The highest BCUT2D eigenvalue weighted by Gasteiger charge is 2.22. The van der Waals surface area contributed by atoms with Gasteiger partial charge < -0.3 is 9.88 Å². The molecule has 3 rings (SSSR count). The Hall–Kier alpha value is -1.68. The molecular formula is C14H18N4. The Labute approximate surface area is 107 Å². The van der Waals surface area contributed by atoms with Crippen LogP contribution in [0.5, 0.6) is 0 Å². The standard InChI is InChI=1S/C14H18N4/c1-3-11-6-4-5-7-12(11)14-17-16-13-10(2)15-8-9-18(13)14/h4-7,10,15H,3,8-9H2,1-2H3. The minimum Gasteiger partial charge on any atom is -0.308 e. The summed E-state index contributed by atoms with van der Waals surface area (Å²) in [4.78, 5) is 0. The second-order valence-corrected chi connectivity index (χ2v) is 4.72. The van der Waals surface area contributed by atoms with Crippen molar-refractivity contribution < 1.29 is 0 Å². The van der Waals surface area contributed by atoms with Gasteiger partial charge in [0.25, 0.3) is 0 Å². The van der Waals surface area contributed by atoms with Crippen molar-refractivity contribution >= 4 is 0 Å². The molecule has 94 valence electrons. The van der Waals surface area contributed by atoms with E-state index in [9.17, 15) is 0 Å². The van der Waals surface area contributed by atoms with Gasteiger partial charge in [-0.25, -0.2) is 0 Å². The summed E-state index contributed by atoms with van der Waals surface area (Å²) in [6, 6.07) is 8.75. The van der Waals surface area contributed by atoms with Crippen LogP contribution < -0.4 is 5.32 Å². The summed E-state index contributed by atoms with van der Waals surface area (Å²) >= 11 is 0. The van der Waals surface area contributed by atoms with Gasteiger partial charge in [0.2, 0.25) is 0 Å². The van der Waals surface area contributed by atoms with Crippen molar-refractivity contribution in [3.05, 3.63) is 35.7 Å². The van der Waals surface area contributed by atoms with Gasteiger partial charge in [-0.1, -0.05) is 31.2 Å². The Balaban J connectivity index is 2.13. The van der Waals surface area contributed by atoms with Crippen molar-refractivity contribution in [1.29, 1.82) is 0 Å². The lowest BCUT2D eigenvalue weighted by atomic mass is 10.0. The first-order chi connectivity index (χ1) is 8.81. The van der Waals surface area contributed by atoms with E-state index in [0.29, 0.717) is 0 Å². The molecule has 1 aromatic carbocycles.